The van der Waals surface area contributed by atoms with Crippen LogP contribution in [-0.4, -0.2) is 26.3 Å². The van der Waals surface area contributed by atoms with Crippen molar-refractivity contribution in [3.63, 3.8) is 0 Å². The van der Waals surface area contributed by atoms with Gasteiger partial charge in [-0.1, -0.05) is 12.1 Å². The molecular formula is C20H16FN5O2S. The summed E-state index contributed by atoms with van der Waals surface area (Å²) in [6, 6.07) is 12.3. The molecule has 0 aliphatic carbocycles. The summed E-state index contributed by atoms with van der Waals surface area (Å²) in [6.07, 6.45) is 4.02. The molecule has 146 valence electrons. The summed E-state index contributed by atoms with van der Waals surface area (Å²) >= 11 is 1.41. The highest BCUT2D eigenvalue weighted by atomic mass is 32.2. The Morgan fingerprint density at radius 1 is 1.03 bits per heavy atom. The molecule has 0 spiro atoms. The largest absolute Gasteiger partial charge is 0.454 e. The molecule has 9 heteroatoms. The monoisotopic (exact) mass is 409 g/mol. The van der Waals surface area contributed by atoms with E-state index in [1.165, 1.54) is 30.4 Å². The van der Waals surface area contributed by atoms with Crippen LogP contribution >= 0.6 is 11.9 Å². The van der Waals surface area contributed by atoms with Crippen molar-refractivity contribution >= 4 is 28.9 Å². The third kappa shape index (κ3) is 3.68. The van der Waals surface area contributed by atoms with Crippen LogP contribution in [0.2, 0.25) is 0 Å². The highest BCUT2D eigenvalue weighted by Gasteiger charge is 2.14. The van der Waals surface area contributed by atoms with Crippen LogP contribution in [0.4, 0.5) is 10.2 Å². The van der Waals surface area contributed by atoms with Gasteiger partial charge in [-0.15, -0.1) is 0 Å². The summed E-state index contributed by atoms with van der Waals surface area (Å²) in [7, 11) is 0. The topological polar surface area (TPSA) is 74.1 Å². The Hall–Kier alpha value is -3.33. The van der Waals surface area contributed by atoms with E-state index in [9.17, 15) is 4.39 Å². The Balaban J connectivity index is 1.31. The zero-order valence-electron chi connectivity index (χ0n) is 15.2. The van der Waals surface area contributed by atoms with E-state index in [0.717, 1.165) is 34.0 Å². The average Bonchev–Trinajstić information content (AvgIpc) is 3.38. The summed E-state index contributed by atoms with van der Waals surface area (Å²) in [6.45, 7) is 0.937. The second-order valence-corrected chi connectivity index (χ2v) is 7.31. The molecule has 1 aliphatic heterocycles. The standard InChI is InChI=1S/C20H16FN5O2S/c21-14-3-1-13(2-4-14)7-8-26-11-24-18-19(22-10-23-20(18)26)25-29-15-5-6-16-17(9-15)28-12-27-16/h1-6,9-11H,7-8,12H2,(H,22,23,25). The molecule has 0 saturated carbocycles. The van der Waals surface area contributed by atoms with Crippen LogP contribution in [0.5, 0.6) is 11.5 Å². The quantitative estimate of drug-likeness (QED) is 0.482. The summed E-state index contributed by atoms with van der Waals surface area (Å²) < 4.78 is 29.0. The number of nitrogens with zero attached hydrogens (tertiary/aromatic N) is 4. The zero-order chi connectivity index (χ0) is 19.6. The van der Waals surface area contributed by atoms with Crippen molar-refractivity contribution in [3.05, 3.63) is 66.5 Å². The van der Waals surface area contributed by atoms with Crippen molar-refractivity contribution in [1.82, 2.24) is 19.5 Å². The van der Waals surface area contributed by atoms with Gasteiger partial charge in [-0.2, -0.15) is 0 Å². The first-order valence-corrected chi connectivity index (χ1v) is 9.81. The van der Waals surface area contributed by atoms with Gasteiger partial charge in [-0.3, -0.25) is 0 Å². The molecule has 0 fully saturated rings. The number of benzene rings is 2. The molecule has 29 heavy (non-hydrogen) atoms. The lowest BCUT2D eigenvalue weighted by atomic mass is 10.1. The van der Waals surface area contributed by atoms with Crippen molar-refractivity contribution < 1.29 is 13.9 Å². The van der Waals surface area contributed by atoms with Crippen molar-refractivity contribution in [2.24, 2.45) is 0 Å². The summed E-state index contributed by atoms with van der Waals surface area (Å²) in [5, 5.41) is 0. The minimum absolute atomic E-state index is 0.231. The Labute approximate surface area is 170 Å². The van der Waals surface area contributed by atoms with E-state index in [1.54, 1.807) is 18.5 Å². The van der Waals surface area contributed by atoms with Gasteiger partial charge in [0.15, 0.2) is 28.5 Å². The molecule has 0 saturated heterocycles. The molecule has 0 bridgehead atoms. The number of fused-ring (bicyclic) bond motifs is 2. The molecule has 1 N–H and O–H groups in total. The number of aromatic nitrogens is 4. The van der Waals surface area contributed by atoms with E-state index in [2.05, 4.69) is 19.7 Å². The number of nitrogens with one attached hydrogen (secondary N) is 1. The highest BCUT2D eigenvalue weighted by molar-refractivity contribution is 8.00. The fourth-order valence-electron chi connectivity index (χ4n) is 3.07. The van der Waals surface area contributed by atoms with Crippen LogP contribution in [0.3, 0.4) is 0 Å². The Morgan fingerprint density at radius 3 is 2.79 bits per heavy atom. The van der Waals surface area contributed by atoms with E-state index in [4.69, 9.17) is 9.47 Å². The second-order valence-electron chi connectivity index (χ2n) is 6.43. The van der Waals surface area contributed by atoms with Crippen molar-refractivity contribution in [3.8, 4) is 11.5 Å². The zero-order valence-corrected chi connectivity index (χ0v) is 16.0. The first-order valence-electron chi connectivity index (χ1n) is 8.99. The van der Waals surface area contributed by atoms with E-state index < -0.39 is 0 Å². The fraction of sp³-hybridized carbons (Fsp3) is 0.150. The number of hydrogen-bond donors (Lipinski definition) is 1. The smallest absolute Gasteiger partial charge is 0.231 e. The van der Waals surface area contributed by atoms with Crippen LogP contribution in [0.1, 0.15) is 5.56 Å². The third-order valence-electron chi connectivity index (χ3n) is 4.57. The lowest BCUT2D eigenvalue weighted by Crippen LogP contribution is -2.02. The average molecular weight is 409 g/mol. The van der Waals surface area contributed by atoms with Crippen LogP contribution in [0, 0.1) is 5.82 Å². The molecule has 0 amide bonds. The number of halogens is 1. The van der Waals surface area contributed by atoms with E-state index in [-0.39, 0.29) is 12.6 Å². The molecule has 4 aromatic rings. The maximum atomic E-state index is 13.1. The number of hydrogen-bond acceptors (Lipinski definition) is 7. The first kappa shape index (κ1) is 17.7. The van der Waals surface area contributed by atoms with Gasteiger partial charge in [-0.05, 0) is 54.3 Å². The van der Waals surface area contributed by atoms with Crippen LogP contribution in [0.25, 0.3) is 11.2 Å². The lowest BCUT2D eigenvalue weighted by Gasteiger charge is -2.07. The third-order valence-corrected chi connectivity index (χ3v) is 5.35. The molecular weight excluding hydrogens is 393 g/mol. The molecule has 2 aromatic heterocycles. The van der Waals surface area contributed by atoms with Crippen molar-refractivity contribution in [1.29, 1.82) is 0 Å². The fourth-order valence-corrected chi connectivity index (χ4v) is 3.73. The molecule has 0 atom stereocenters. The van der Waals surface area contributed by atoms with E-state index in [0.29, 0.717) is 17.9 Å². The first-order chi connectivity index (χ1) is 14.3. The van der Waals surface area contributed by atoms with E-state index in [1.807, 2.05) is 22.8 Å². The summed E-state index contributed by atoms with van der Waals surface area (Å²) in [5.74, 6) is 1.89. The van der Waals surface area contributed by atoms with Gasteiger partial charge in [0.1, 0.15) is 12.1 Å². The molecule has 0 radical (unpaired) electrons. The molecule has 3 heterocycles. The van der Waals surface area contributed by atoms with Gasteiger partial charge < -0.3 is 18.8 Å². The van der Waals surface area contributed by atoms with E-state index >= 15 is 0 Å². The number of anilines is 1. The van der Waals surface area contributed by atoms with Crippen molar-refractivity contribution in [2.75, 3.05) is 11.5 Å². The molecule has 2 aromatic carbocycles. The number of imidazole rings is 1. The highest BCUT2D eigenvalue weighted by Crippen LogP contribution is 2.36. The molecule has 7 nitrogen and oxygen atoms in total. The number of aryl methyl sites for hydroxylation is 2. The Morgan fingerprint density at radius 2 is 1.90 bits per heavy atom. The van der Waals surface area contributed by atoms with Crippen LogP contribution in [0.15, 0.2) is 60.0 Å². The van der Waals surface area contributed by atoms with Gasteiger partial charge in [-0.25, -0.2) is 19.3 Å². The second kappa shape index (κ2) is 7.59. The predicted octanol–water partition coefficient (Wildman–Crippen LogP) is 4.06. The number of rotatable bonds is 6. The van der Waals surface area contributed by atoms with Crippen LogP contribution < -0.4 is 14.2 Å². The van der Waals surface area contributed by atoms with Gasteiger partial charge in [0.05, 0.1) is 6.33 Å². The van der Waals surface area contributed by atoms with Gasteiger partial charge in [0.25, 0.3) is 0 Å². The minimum atomic E-state index is -0.231. The van der Waals surface area contributed by atoms with Gasteiger partial charge in [0, 0.05) is 11.4 Å². The predicted molar refractivity (Wildman–Crippen MR) is 107 cm³/mol. The summed E-state index contributed by atoms with van der Waals surface area (Å²) in [5.41, 5.74) is 2.50. The van der Waals surface area contributed by atoms with Gasteiger partial charge >= 0.3 is 0 Å². The molecule has 0 unspecified atom stereocenters. The Kier molecular flexibility index (Phi) is 4.65. The minimum Gasteiger partial charge on any atom is -0.454 e. The van der Waals surface area contributed by atoms with Crippen LogP contribution in [-0.2, 0) is 13.0 Å². The molecule has 1 aliphatic rings. The van der Waals surface area contributed by atoms with Crippen molar-refractivity contribution in [2.45, 2.75) is 17.9 Å². The molecule has 5 rings (SSSR count). The SMILES string of the molecule is Fc1ccc(CCn2cnc3c(NSc4ccc5c(c4)OCO5)ncnc32)cc1. The lowest BCUT2D eigenvalue weighted by molar-refractivity contribution is 0.174. The maximum absolute atomic E-state index is 13.1. The Bertz CT molecular complexity index is 1170. The summed E-state index contributed by atoms with van der Waals surface area (Å²) in [4.78, 5) is 14.1. The maximum Gasteiger partial charge on any atom is 0.231 e. The van der Waals surface area contributed by atoms with Gasteiger partial charge in [0.2, 0.25) is 6.79 Å². The number of ether oxygens (including phenoxy) is 2. The normalized spacial score (nSPS) is 12.4.